The van der Waals surface area contributed by atoms with E-state index in [9.17, 15) is 4.21 Å². The summed E-state index contributed by atoms with van der Waals surface area (Å²) in [5.74, 6) is 1.81. The number of nitrogens with zero attached hydrogens (tertiary/aromatic N) is 2. The Balaban J connectivity index is 1.76. The van der Waals surface area contributed by atoms with Crippen LogP contribution in [0.15, 0.2) is 29.2 Å². The van der Waals surface area contributed by atoms with Crippen molar-refractivity contribution in [3.63, 3.8) is 0 Å². The molecule has 0 fully saturated rings. The fraction of sp³-hybridized carbons (Fsp3) is 0.412. The molecule has 116 valence electrons. The van der Waals surface area contributed by atoms with Gasteiger partial charge in [-0.05, 0) is 50.3 Å². The zero-order valence-electron chi connectivity index (χ0n) is 13.1. The summed E-state index contributed by atoms with van der Waals surface area (Å²) in [4.78, 5) is 10.0. The van der Waals surface area contributed by atoms with Gasteiger partial charge in [0.15, 0.2) is 0 Å². The van der Waals surface area contributed by atoms with Gasteiger partial charge < -0.3 is 5.32 Å². The number of aromatic nitrogens is 2. The third-order valence-corrected chi connectivity index (χ3v) is 4.95. The van der Waals surface area contributed by atoms with E-state index in [1.165, 1.54) is 24.1 Å². The molecule has 1 N–H and O–H groups in total. The lowest BCUT2D eigenvalue weighted by atomic mass is 9.96. The molecule has 22 heavy (non-hydrogen) atoms. The molecular formula is C17H21N3OS. The van der Waals surface area contributed by atoms with Gasteiger partial charge in [0.1, 0.15) is 11.6 Å². The SMILES string of the molecule is Cc1nc2c(c(NCc3ccc(S(C)=O)cc3)n1)CCCC2. The molecular weight excluding hydrogens is 294 g/mol. The molecule has 0 bridgehead atoms. The topological polar surface area (TPSA) is 54.9 Å². The second-order valence-corrected chi connectivity index (χ2v) is 7.08. The van der Waals surface area contributed by atoms with Crippen molar-refractivity contribution in [2.24, 2.45) is 0 Å². The first kappa shape index (κ1) is 15.2. The van der Waals surface area contributed by atoms with Crippen molar-refractivity contribution in [2.75, 3.05) is 11.6 Å². The number of anilines is 1. The van der Waals surface area contributed by atoms with E-state index < -0.39 is 10.8 Å². The highest BCUT2D eigenvalue weighted by Gasteiger charge is 2.16. The highest BCUT2D eigenvalue weighted by Crippen LogP contribution is 2.25. The summed E-state index contributed by atoms with van der Waals surface area (Å²) >= 11 is 0. The van der Waals surface area contributed by atoms with Gasteiger partial charge in [-0.3, -0.25) is 4.21 Å². The van der Waals surface area contributed by atoms with Crippen molar-refractivity contribution in [1.82, 2.24) is 9.97 Å². The Hall–Kier alpha value is -1.75. The first-order chi connectivity index (χ1) is 10.6. The number of hydrogen-bond acceptors (Lipinski definition) is 4. The van der Waals surface area contributed by atoms with Crippen LogP contribution in [0.5, 0.6) is 0 Å². The van der Waals surface area contributed by atoms with E-state index in [0.29, 0.717) is 0 Å². The van der Waals surface area contributed by atoms with Crippen molar-refractivity contribution in [1.29, 1.82) is 0 Å². The lowest BCUT2D eigenvalue weighted by Gasteiger charge is -2.19. The Kier molecular flexibility index (Phi) is 4.52. The molecule has 0 spiro atoms. The van der Waals surface area contributed by atoms with Crippen LogP contribution in [0.4, 0.5) is 5.82 Å². The molecule has 1 aliphatic rings. The van der Waals surface area contributed by atoms with E-state index in [1.54, 1.807) is 6.26 Å². The largest absolute Gasteiger partial charge is 0.366 e. The minimum absolute atomic E-state index is 0.722. The van der Waals surface area contributed by atoms with Crippen molar-refractivity contribution in [3.05, 3.63) is 46.9 Å². The van der Waals surface area contributed by atoms with Gasteiger partial charge in [-0.1, -0.05) is 12.1 Å². The molecule has 0 radical (unpaired) electrons. The summed E-state index contributed by atoms with van der Waals surface area (Å²) in [6, 6.07) is 7.89. The predicted octanol–water partition coefficient (Wildman–Crippen LogP) is 3.01. The third-order valence-electron chi connectivity index (χ3n) is 4.01. The number of hydrogen-bond donors (Lipinski definition) is 1. The number of benzene rings is 1. The van der Waals surface area contributed by atoms with Gasteiger partial charge in [0.2, 0.25) is 0 Å². The molecule has 0 aliphatic heterocycles. The Labute approximate surface area is 133 Å². The van der Waals surface area contributed by atoms with Crippen LogP contribution in [-0.2, 0) is 30.2 Å². The number of nitrogens with one attached hydrogen (secondary N) is 1. The summed E-state index contributed by atoms with van der Waals surface area (Å²) < 4.78 is 11.4. The lowest BCUT2D eigenvalue weighted by Crippen LogP contribution is -2.13. The average Bonchev–Trinajstić information content (AvgIpc) is 2.52. The van der Waals surface area contributed by atoms with Gasteiger partial charge in [-0.2, -0.15) is 0 Å². The smallest absolute Gasteiger partial charge is 0.133 e. The first-order valence-electron chi connectivity index (χ1n) is 7.66. The maximum Gasteiger partial charge on any atom is 0.133 e. The van der Waals surface area contributed by atoms with Gasteiger partial charge in [-0.25, -0.2) is 9.97 Å². The van der Waals surface area contributed by atoms with E-state index in [4.69, 9.17) is 0 Å². The average molecular weight is 315 g/mol. The van der Waals surface area contributed by atoms with Crippen LogP contribution in [0, 0.1) is 6.92 Å². The zero-order valence-corrected chi connectivity index (χ0v) is 13.9. The fourth-order valence-corrected chi connectivity index (χ4v) is 3.37. The minimum atomic E-state index is -0.923. The van der Waals surface area contributed by atoms with Gasteiger partial charge in [0.05, 0.1) is 0 Å². The van der Waals surface area contributed by atoms with Crippen molar-refractivity contribution < 1.29 is 4.21 Å². The second-order valence-electron chi connectivity index (χ2n) is 5.70. The molecule has 0 amide bonds. The van der Waals surface area contributed by atoms with E-state index in [0.717, 1.165) is 41.5 Å². The molecule has 0 saturated carbocycles. The Morgan fingerprint density at radius 3 is 2.59 bits per heavy atom. The summed E-state index contributed by atoms with van der Waals surface area (Å²) in [5, 5.41) is 3.45. The highest BCUT2D eigenvalue weighted by atomic mass is 32.2. The maximum absolute atomic E-state index is 11.4. The molecule has 0 saturated heterocycles. The van der Waals surface area contributed by atoms with Crippen LogP contribution in [0.25, 0.3) is 0 Å². The zero-order chi connectivity index (χ0) is 15.5. The quantitative estimate of drug-likeness (QED) is 0.942. The molecule has 1 heterocycles. The van der Waals surface area contributed by atoms with E-state index in [2.05, 4.69) is 15.3 Å². The van der Waals surface area contributed by atoms with Gasteiger partial charge in [-0.15, -0.1) is 0 Å². The van der Waals surface area contributed by atoms with Crippen LogP contribution >= 0.6 is 0 Å². The van der Waals surface area contributed by atoms with Crippen LogP contribution in [0.1, 0.15) is 35.5 Å². The number of aryl methyl sites for hydroxylation is 2. The Bertz CT molecular complexity index is 698. The van der Waals surface area contributed by atoms with Gasteiger partial charge in [0, 0.05) is 39.8 Å². The van der Waals surface area contributed by atoms with Crippen molar-refractivity contribution in [3.8, 4) is 0 Å². The highest BCUT2D eigenvalue weighted by molar-refractivity contribution is 7.84. The number of rotatable bonds is 4. The first-order valence-corrected chi connectivity index (χ1v) is 9.22. The van der Waals surface area contributed by atoms with Crippen LogP contribution < -0.4 is 5.32 Å². The van der Waals surface area contributed by atoms with Crippen LogP contribution in [0.3, 0.4) is 0 Å². The molecule has 2 aromatic rings. The summed E-state index contributed by atoms with van der Waals surface area (Å²) in [6.45, 7) is 2.67. The maximum atomic E-state index is 11.4. The van der Waals surface area contributed by atoms with E-state index >= 15 is 0 Å². The molecule has 4 nitrogen and oxygen atoms in total. The molecule has 5 heteroatoms. The van der Waals surface area contributed by atoms with Crippen molar-refractivity contribution >= 4 is 16.6 Å². The Morgan fingerprint density at radius 2 is 1.86 bits per heavy atom. The van der Waals surface area contributed by atoms with Crippen molar-refractivity contribution in [2.45, 2.75) is 44.0 Å². The number of fused-ring (bicyclic) bond motifs is 1. The Morgan fingerprint density at radius 1 is 1.14 bits per heavy atom. The normalized spacial score (nSPS) is 15.2. The molecule has 3 rings (SSSR count). The van der Waals surface area contributed by atoms with E-state index in [-0.39, 0.29) is 0 Å². The summed E-state index contributed by atoms with van der Waals surface area (Å²) in [6.07, 6.45) is 6.25. The molecule has 1 unspecified atom stereocenters. The lowest BCUT2D eigenvalue weighted by molar-refractivity contribution is 0.659. The van der Waals surface area contributed by atoms with Gasteiger partial charge >= 0.3 is 0 Å². The molecule has 1 aliphatic carbocycles. The van der Waals surface area contributed by atoms with Crippen LogP contribution in [-0.4, -0.2) is 20.4 Å². The summed E-state index contributed by atoms with van der Waals surface area (Å²) in [5.41, 5.74) is 3.65. The molecule has 1 aromatic carbocycles. The third kappa shape index (κ3) is 3.35. The standard InChI is InChI=1S/C17H21N3OS/c1-12-19-16-6-4-3-5-15(16)17(20-12)18-11-13-7-9-14(10-8-13)22(2)21/h7-10H,3-6,11H2,1-2H3,(H,18,19,20). The predicted molar refractivity (Wildman–Crippen MR) is 89.5 cm³/mol. The minimum Gasteiger partial charge on any atom is -0.366 e. The molecule has 1 atom stereocenters. The van der Waals surface area contributed by atoms with E-state index in [1.807, 2.05) is 31.2 Å². The van der Waals surface area contributed by atoms with Gasteiger partial charge in [0.25, 0.3) is 0 Å². The second kappa shape index (κ2) is 6.57. The molecule has 1 aromatic heterocycles. The fourth-order valence-electron chi connectivity index (χ4n) is 2.85. The van der Waals surface area contributed by atoms with Crippen LogP contribution in [0.2, 0.25) is 0 Å². The summed E-state index contributed by atoms with van der Waals surface area (Å²) in [7, 11) is -0.923. The monoisotopic (exact) mass is 315 g/mol.